The Hall–Kier alpha value is -3.74. The van der Waals surface area contributed by atoms with Crippen LogP contribution in [0, 0.1) is 10.1 Å². The Labute approximate surface area is 203 Å². The maximum atomic E-state index is 13.9. The van der Waals surface area contributed by atoms with Crippen molar-refractivity contribution in [2.45, 2.75) is 25.3 Å². The third kappa shape index (κ3) is 3.95. The summed E-state index contributed by atoms with van der Waals surface area (Å²) in [6.07, 6.45) is -1.19. The normalized spacial score (nSPS) is 21.2. The molecule has 184 valence electrons. The molecule has 4 rings (SSSR count). The molecule has 1 saturated heterocycles. The van der Waals surface area contributed by atoms with Gasteiger partial charge < -0.3 is 19.1 Å². The van der Waals surface area contributed by atoms with Gasteiger partial charge in [-0.3, -0.25) is 29.3 Å². The number of benzene rings is 2. The van der Waals surface area contributed by atoms with Gasteiger partial charge in [0.05, 0.1) is 23.6 Å². The Balaban J connectivity index is 1.79. The molecule has 0 radical (unpaired) electrons. The topological polar surface area (TPSA) is 138 Å². The lowest BCUT2D eigenvalue weighted by Gasteiger charge is -2.46. The fourth-order valence-corrected chi connectivity index (χ4v) is 4.50. The van der Waals surface area contributed by atoms with Gasteiger partial charge in [-0.15, -0.1) is 0 Å². The number of esters is 1. The molecule has 2 aromatic rings. The number of piperazine rings is 1. The van der Waals surface area contributed by atoms with E-state index in [4.69, 9.17) is 30.6 Å². The fourth-order valence-electron chi connectivity index (χ4n) is 4.29. The number of halogens is 1. The molecule has 2 aromatic carbocycles. The van der Waals surface area contributed by atoms with Crippen LogP contribution in [0.5, 0.6) is 11.5 Å². The summed E-state index contributed by atoms with van der Waals surface area (Å²) in [7, 11) is 2.51. The molecular formula is C22H20ClN3O9. The van der Waals surface area contributed by atoms with E-state index in [0.717, 1.165) is 9.96 Å². The number of rotatable bonds is 6. The highest BCUT2D eigenvalue weighted by Gasteiger charge is 2.66. The first-order valence-corrected chi connectivity index (χ1v) is 10.6. The molecule has 0 saturated carbocycles. The van der Waals surface area contributed by atoms with Crippen molar-refractivity contribution >= 4 is 35.1 Å². The van der Waals surface area contributed by atoms with Crippen LogP contribution in [0.25, 0.3) is 0 Å². The first kappa shape index (κ1) is 24.4. The van der Waals surface area contributed by atoms with Crippen LogP contribution < -0.4 is 9.47 Å². The quantitative estimate of drug-likeness (QED) is 0.250. The van der Waals surface area contributed by atoms with Gasteiger partial charge in [0.1, 0.15) is 12.3 Å². The second-order valence-corrected chi connectivity index (χ2v) is 8.15. The predicted octanol–water partition coefficient (Wildman–Crippen LogP) is 2.38. The monoisotopic (exact) mass is 505 g/mol. The number of hydrogen-bond donors (Lipinski definition) is 0. The lowest BCUT2D eigenvalue weighted by molar-refractivity contribution is -0.385. The molecule has 0 bridgehead atoms. The smallest absolute Gasteiger partial charge is 0.317 e. The Morgan fingerprint density at radius 3 is 2.63 bits per heavy atom. The standard InChI is InChI=1S/C22H20ClN3O9/c1-12(27)34-18-9-17-14(8-15(18)23)20(32-2)22(35-17)21(29)24(11-19(28)25(22)33-3)10-13-6-4-5-7-16(13)26(30)31/h4-9,20H,10-11H2,1-3H3/t20-,22+/m0/s1. The van der Waals surface area contributed by atoms with Gasteiger partial charge in [0.15, 0.2) is 11.9 Å². The zero-order valence-electron chi connectivity index (χ0n) is 18.8. The third-order valence-corrected chi connectivity index (χ3v) is 5.93. The van der Waals surface area contributed by atoms with Gasteiger partial charge in [0, 0.05) is 37.3 Å². The highest BCUT2D eigenvalue weighted by atomic mass is 35.5. The largest absolute Gasteiger partial charge is 0.453 e. The van der Waals surface area contributed by atoms with E-state index in [1.165, 1.54) is 51.5 Å². The van der Waals surface area contributed by atoms with E-state index in [2.05, 4.69) is 0 Å². The number of para-hydroxylation sites is 1. The minimum Gasteiger partial charge on any atom is -0.453 e. The summed E-state index contributed by atoms with van der Waals surface area (Å²) in [5, 5.41) is 12.3. The van der Waals surface area contributed by atoms with Crippen LogP contribution in [0.15, 0.2) is 36.4 Å². The zero-order chi connectivity index (χ0) is 25.5. The van der Waals surface area contributed by atoms with Crippen molar-refractivity contribution < 1.29 is 38.4 Å². The molecule has 2 atom stereocenters. The Morgan fingerprint density at radius 2 is 2.00 bits per heavy atom. The third-order valence-electron chi connectivity index (χ3n) is 5.64. The van der Waals surface area contributed by atoms with Crippen LogP contribution in [0.4, 0.5) is 5.69 Å². The number of fused-ring (bicyclic) bond motifs is 1. The van der Waals surface area contributed by atoms with E-state index in [9.17, 15) is 24.5 Å². The molecule has 0 aromatic heterocycles. The number of nitro groups is 1. The highest BCUT2D eigenvalue weighted by Crippen LogP contribution is 2.52. The fraction of sp³-hybridized carbons (Fsp3) is 0.318. The van der Waals surface area contributed by atoms with Crippen LogP contribution >= 0.6 is 11.6 Å². The molecule has 1 spiro atoms. The number of nitro benzene ring substituents is 1. The van der Waals surface area contributed by atoms with Gasteiger partial charge in [-0.05, 0) is 6.07 Å². The van der Waals surface area contributed by atoms with Crippen LogP contribution in [0.1, 0.15) is 24.2 Å². The Morgan fingerprint density at radius 1 is 1.29 bits per heavy atom. The van der Waals surface area contributed by atoms with Crippen molar-refractivity contribution in [1.82, 2.24) is 9.96 Å². The number of ether oxygens (including phenoxy) is 3. The minimum atomic E-state index is -2.14. The molecule has 2 aliphatic rings. The zero-order valence-corrected chi connectivity index (χ0v) is 19.6. The lowest BCUT2D eigenvalue weighted by Crippen LogP contribution is -2.71. The summed E-state index contributed by atoms with van der Waals surface area (Å²) < 4.78 is 16.7. The maximum absolute atomic E-state index is 13.9. The number of nitrogens with zero attached hydrogens (tertiary/aromatic N) is 3. The van der Waals surface area contributed by atoms with Crippen molar-refractivity contribution in [3.05, 3.63) is 62.7 Å². The summed E-state index contributed by atoms with van der Waals surface area (Å²) in [6, 6.07) is 8.61. The van der Waals surface area contributed by atoms with Crippen LogP contribution in [0.2, 0.25) is 5.02 Å². The summed E-state index contributed by atoms with van der Waals surface area (Å²) >= 11 is 6.26. The second-order valence-electron chi connectivity index (χ2n) is 7.75. The number of amides is 2. The molecule has 0 aliphatic carbocycles. The van der Waals surface area contributed by atoms with Crippen LogP contribution in [-0.2, 0) is 30.5 Å². The average molecular weight is 506 g/mol. The van der Waals surface area contributed by atoms with E-state index in [0.29, 0.717) is 5.56 Å². The number of hydrogen-bond acceptors (Lipinski definition) is 9. The van der Waals surface area contributed by atoms with Crippen molar-refractivity contribution in [2.24, 2.45) is 0 Å². The van der Waals surface area contributed by atoms with E-state index in [-0.39, 0.29) is 34.3 Å². The van der Waals surface area contributed by atoms with Gasteiger partial charge in [-0.2, -0.15) is 5.06 Å². The minimum absolute atomic E-state index is 0.0138. The highest BCUT2D eigenvalue weighted by molar-refractivity contribution is 6.32. The Kier molecular flexibility index (Phi) is 6.36. The average Bonchev–Trinajstić information content (AvgIpc) is 3.11. The van der Waals surface area contributed by atoms with Crippen molar-refractivity contribution in [2.75, 3.05) is 20.8 Å². The molecule has 35 heavy (non-hydrogen) atoms. The Bertz CT molecular complexity index is 1240. The van der Waals surface area contributed by atoms with Gasteiger partial charge in [-0.1, -0.05) is 29.8 Å². The molecule has 13 heteroatoms. The van der Waals surface area contributed by atoms with Gasteiger partial charge >= 0.3 is 11.7 Å². The molecule has 1 fully saturated rings. The lowest BCUT2D eigenvalue weighted by atomic mass is 9.96. The number of methoxy groups -OCH3 is 1. The summed E-state index contributed by atoms with van der Waals surface area (Å²) in [5.74, 6) is -1.94. The number of carbonyl (C=O) groups excluding carboxylic acids is 3. The van der Waals surface area contributed by atoms with Gasteiger partial charge in [0.2, 0.25) is 0 Å². The molecule has 2 amide bonds. The van der Waals surface area contributed by atoms with Crippen molar-refractivity contribution in [3.63, 3.8) is 0 Å². The molecule has 2 heterocycles. The molecule has 12 nitrogen and oxygen atoms in total. The van der Waals surface area contributed by atoms with E-state index < -0.39 is 41.1 Å². The second kappa shape index (κ2) is 9.13. The van der Waals surface area contributed by atoms with Crippen LogP contribution in [-0.4, -0.2) is 59.2 Å². The number of carbonyl (C=O) groups is 3. The summed E-state index contributed by atoms with van der Waals surface area (Å²) in [4.78, 5) is 55.7. The van der Waals surface area contributed by atoms with E-state index in [1.54, 1.807) is 6.07 Å². The van der Waals surface area contributed by atoms with Crippen molar-refractivity contribution in [1.29, 1.82) is 0 Å². The first-order chi connectivity index (χ1) is 16.6. The van der Waals surface area contributed by atoms with Gasteiger partial charge in [0.25, 0.3) is 17.5 Å². The SMILES string of the molecule is CO[C@H]1c2cc(Cl)c(OC(C)=O)cc2O[C@@]12C(=O)N(Cc1ccccc1[N+](=O)[O-])CC(=O)N2OC. The van der Waals surface area contributed by atoms with Gasteiger partial charge in [-0.25, -0.2) is 0 Å². The molecule has 0 unspecified atom stereocenters. The van der Waals surface area contributed by atoms with Crippen LogP contribution in [0.3, 0.4) is 0 Å². The number of hydroxylamine groups is 2. The van der Waals surface area contributed by atoms with E-state index in [1.807, 2.05) is 0 Å². The summed E-state index contributed by atoms with van der Waals surface area (Å²) in [6.45, 7) is 0.535. The predicted molar refractivity (Wildman–Crippen MR) is 118 cm³/mol. The molecule has 0 N–H and O–H groups in total. The first-order valence-electron chi connectivity index (χ1n) is 10.3. The summed E-state index contributed by atoms with van der Waals surface area (Å²) in [5.41, 5.74) is -1.80. The molecule has 2 aliphatic heterocycles. The molecular weight excluding hydrogens is 486 g/mol. The van der Waals surface area contributed by atoms with Crippen molar-refractivity contribution in [3.8, 4) is 11.5 Å². The maximum Gasteiger partial charge on any atom is 0.317 e. The van der Waals surface area contributed by atoms with E-state index >= 15 is 0 Å².